The van der Waals surface area contributed by atoms with Crippen molar-refractivity contribution in [3.8, 4) is 0 Å². The third kappa shape index (κ3) is 2.61. The molecule has 0 saturated heterocycles. The lowest BCUT2D eigenvalue weighted by Crippen LogP contribution is -2.52. The van der Waals surface area contributed by atoms with E-state index in [0.29, 0.717) is 17.1 Å². The summed E-state index contributed by atoms with van der Waals surface area (Å²) in [5, 5.41) is 2.76. The maximum Gasteiger partial charge on any atom is 0.255 e. The van der Waals surface area contributed by atoms with Gasteiger partial charge in [-0.2, -0.15) is 0 Å². The lowest BCUT2D eigenvalue weighted by molar-refractivity contribution is 0.0930. The summed E-state index contributed by atoms with van der Waals surface area (Å²) in [5.41, 5.74) is 5.34. The Hall–Kier alpha value is -1.36. The van der Waals surface area contributed by atoms with E-state index in [1.807, 2.05) is 0 Å². The Labute approximate surface area is 100 Å². The van der Waals surface area contributed by atoms with Gasteiger partial charge in [0.15, 0.2) is 0 Å². The van der Waals surface area contributed by atoms with Crippen molar-refractivity contribution in [2.45, 2.75) is 33.2 Å². The molecule has 0 saturated carbocycles. The number of aryl methyl sites for hydroxylation is 2. The van der Waals surface area contributed by atoms with Crippen molar-refractivity contribution in [2.75, 3.05) is 0 Å². The summed E-state index contributed by atoms with van der Waals surface area (Å²) in [4.78, 5) is 12.2. The molecule has 0 spiro atoms. The van der Waals surface area contributed by atoms with Crippen LogP contribution < -0.4 is 11.1 Å². The summed E-state index contributed by atoms with van der Waals surface area (Å²) in [6, 6.07) is 1.69. The van der Waals surface area contributed by atoms with Crippen LogP contribution in [0.5, 0.6) is 0 Å². The molecule has 0 bridgehead atoms. The van der Waals surface area contributed by atoms with Gasteiger partial charge in [-0.15, -0.1) is 0 Å². The monoisotopic (exact) mass is 240 g/mol. The van der Waals surface area contributed by atoms with Gasteiger partial charge >= 0.3 is 0 Å². The van der Waals surface area contributed by atoms with Gasteiger partial charge < -0.3 is 15.5 Å². The van der Waals surface area contributed by atoms with Crippen molar-refractivity contribution < 1.29 is 9.21 Å². The van der Waals surface area contributed by atoms with E-state index in [4.69, 9.17) is 22.4 Å². The molecule has 16 heavy (non-hydrogen) atoms. The molecule has 0 aliphatic carbocycles. The van der Waals surface area contributed by atoms with Gasteiger partial charge in [0.25, 0.3) is 5.91 Å². The fraction of sp³-hybridized carbons (Fsp3) is 0.455. The van der Waals surface area contributed by atoms with Crippen molar-refractivity contribution in [1.29, 1.82) is 0 Å². The SMILES string of the molecule is Cc1cc(C(=O)NC(C)(C)C(N)=S)c(C)o1. The van der Waals surface area contributed by atoms with E-state index in [9.17, 15) is 4.79 Å². The van der Waals surface area contributed by atoms with E-state index < -0.39 is 5.54 Å². The molecule has 0 unspecified atom stereocenters. The van der Waals surface area contributed by atoms with Gasteiger partial charge in [0, 0.05) is 0 Å². The quantitative estimate of drug-likeness (QED) is 0.789. The molecule has 1 aromatic heterocycles. The topological polar surface area (TPSA) is 68.3 Å². The zero-order valence-electron chi connectivity index (χ0n) is 9.88. The molecular formula is C11H16N2O2S. The number of carbonyl (C=O) groups is 1. The molecule has 0 radical (unpaired) electrons. The minimum atomic E-state index is -0.704. The fourth-order valence-corrected chi connectivity index (χ4v) is 1.32. The van der Waals surface area contributed by atoms with E-state index >= 15 is 0 Å². The number of hydrogen-bond donors (Lipinski definition) is 2. The van der Waals surface area contributed by atoms with Crippen molar-refractivity contribution in [2.24, 2.45) is 5.73 Å². The van der Waals surface area contributed by atoms with Crippen LogP contribution in [0.1, 0.15) is 35.7 Å². The van der Waals surface area contributed by atoms with Gasteiger partial charge in [0.05, 0.1) is 16.1 Å². The second kappa shape index (κ2) is 4.25. The Bertz CT molecular complexity index is 435. The van der Waals surface area contributed by atoms with Crippen LogP contribution in [0.25, 0.3) is 0 Å². The molecule has 4 nitrogen and oxygen atoms in total. The number of amides is 1. The molecule has 0 fully saturated rings. The molecule has 1 amide bonds. The number of carbonyl (C=O) groups excluding carboxylic acids is 1. The second-order valence-corrected chi connectivity index (χ2v) is 4.71. The zero-order valence-corrected chi connectivity index (χ0v) is 10.7. The van der Waals surface area contributed by atoms with Crippen molar-refractivity contribution in [3.63, 3.8) is 0 Å². The number of hydrogen-bond acceptors (Lipinski definition) is 3. The van der Waals surface area contributed by atoms with E-state index in [2.05, 4.69) is 5.32 Å². The number of rotatable bonds is 3. The number of nitrogens with two attached hydrogens (primary N) is 1. The van der Waals surface area contributed by atoms with Gasteiger partial charge in [-0.05, 0) is 33.8 Å². The average molecular weight is 240 g/mol. The normalized spacial score (nSPS) is 11.2. The predicted octanol–water partition coefficient (Wildman–Crippen LogP) is 1.69. The fourth-order valence-electron chi connectivity index (χ4n) is 1.27. The molecule has 1 aromatic rings. The summed E-state index contributed by atoms with van der Waals surface area (Å²) < 4.78 is 5.29. The van der Waals surface area contributed by atoms with E-state index in [-0.39, 0.29) is 10.9 Å². The maximum atomic E-state index is 11.9. The van der Waals surface area contributed by atoms with Gasteiger partial charge in [0.2, 0.25) is 0 Å². The third-order valence-electron chi connectivity index (χ3n) is 2.33. The number of furan rings is 1. The average Bonchev–Trinajstić information content (AvgIpc) is 2.44. The Balaban J connectivity index is 2.89. The summed E-state index contributed by atoms with van der Waals surface area (Å²) in [6.45, 7) is 7.06. The zero-order chi connectivity index (χ0) is 12.5. The minimum Gasteiger partial charge on any atom is -0.466 e. The van der Waals surface area contributed by atoms with Crippen molar-refractivity contribution in [1.82, 2.24) is 5.32 Å². The first-order valence-corrected chi connectivity index (χ1v) is 5.34. The first kappa shape index (κ1) is 12.7. The first-order valence-electron chi connectivity index (χ1n) is 4.93. The molecule has 0 aliphatic rings. The predicted molar refractivity (Wildman–Crippen MR) is 66.5 cm³/mol. The van der Waals surface area contributed by atoms with Crippen molar-refractivity contribution in [3.05, 3.63) is 23.2 Å². The lowest BCUT2D eigenvalue weighted by atomic mass is 10.1. The Morgan fingerprint density at radius 3 is 2.44 bits per heavy atom. The molecule has 0 atom stereocenters. The lowest BCUT2D eigenvalue weighted by Gasteiger charge is -2.24. The highest BCUT2D eigenvalue weighted by Gasteiger charge is 2.25. The van der Waals surface area contributed by atoms with Crippen LogP contribution in [0.15, 0.2) is 10.5 Å². The highest BCUT2D eigenvalue weighted by Crippen LogP contribution is 2.15. The van der Waals surface area contributed by atoms with Crippen LogP contribution >= 0.6 is 12.2 Å². The Morgan fingerprint density at radius 1 is 1.50 bits per heavy atom. The molecular weight excluding hydrogens is 224 g/mol. The van der Waals surface area contributed by atoms with Gasteiger partial charge in [0.1, 0.15) is 11.5 Å². The van der Waals surface area contributed by atoms with Gasteiger partial charge in [-0.3, -0.25) is 4.79 Å². The van der Waals surface area contributed by atoms with E-state index in [0.717, 1.165) is 0 Å². The van der Waals surface area contributed by atoms with E-state index in [1.54, 1.807) is 33.8 Å². The minimum absolute atomic E-state index is 0.229. The van der Waals surface area contributed by atoms with Crippen LogP contribution in [0.2, 0.25) is 0 Å². The van der Waals surface area contributed by atoms with Crippen LogP contribution in [-0.2, 0) is 0 Å². The van der Waals surface area contributed by atoms with Crippen molar-refractivity contribution >= 4 is 23.1 Å². The van der Waals surface area contributed by atoms with E-state index in [1.165, 1.54) is 0 Å². The third-order valence-corrected chi connectivity index (χ3v) is 2.84. The van der Waals surface area contributed by atoms with Crippen LogP contribution in [0.4, 0.5) is 0 Å². The summed E-state index contributed by atoms with van der Waals surface area (Å²) in [6.07, 6.45) is 0. The first-order chi connectivity index (χ1) is 7.24. The summed E-state index contributed by atoms with van der Waals surface area (Å²) in [5.74, 6) is 1.07. The maximum absolute atomic E-state index is 11.9. The molecule has 1 rings (SSSR count). The molecule has 3 N–H and O–H groups in total. The molecule has 1 heterocycles. The molecule has 0 aromatic carbocycles. The molecule has 5 heteroatoms. The van der Waals surface area contributed by atoms with Gasteiger partial charge in [-0.1, -0.05) is 12.2 Å². The summed E-state index contributed by atoms with van der Waals surface area (Å²) >= 11 is 4.88. The Morgan fingerprint density at radius 2 is 2.06 bits per heavy atom. The highest BCUT2D eigenvalue weighted by atomic mass is 32.1. The smallest absolute Gasteiger partial charge is 0.255 e. The van der Waals surface area contributed by atoms with Gasteiger partial charge in [-0.25, -0.2) is 0 Å². The standard InChI is InChI=1S/C11H16N2O2S/c1-6-5-8(7(2)15-6)9(14)13-11(3,4)10(12)16/h5H,1-4H3,(H2,12,16)(H,13,14). The largest absolute Gasteiger partial charge is 0.466 e. The second-order valence-electron chi connectivity index (χ2n) is 4.27. The summed E-state index contributed by atoms with van der Waals surface area (Å²) in [7, 11) is 0. The molecule has 0 aliphatic heterocycles. The Kier molecular flexibility index (Phi) is 3.38. The van der Waals surface area contributed by atoms with Crippen LogP contribution in [-0.4, -0.2) is 16.4 Å². The van der Waals surface area contributed by atoms with Crippen LogP contribution in [0, 0.1) is 13.8 Å². The highest BCUT2D eigenvalue weighted by molar-refractivity contribution is 7.80. The van der Waals surface area contributed by atoms with Crippen LogP contribution in [0.3, 0.4) is 0 Å². The number of nitrogens with one attached hydrogen (secondary N) is 1. The molecule has 88 valence electrons. The number of thiocarbonyl (C=S) groups is 1.